The second-order valence-electron chi connectivity index (χ2n) is 3.25. The molecule has 0 amide bonds. The van der Waals surface area contributed by atoms with E-state index in [9.17, 15) is 13.6 Å². The molecule has 0 saturated carbocycles. The van der Waals surface area contributed by atoms with Crippen LogP contribution in [0.25, 0.3) is 0 Å². The SMILES string of the molecule is CCOC(=O)Cc1cc(Cl)c(OC(F)F)c(Cl)c1. The molecular formula is C11H10Cl2F2O3. The first-order chi connectivity index (χ1) is 8.43. The maximum atomic E-state index is 12.1. The molecule has 0 bridgehead atoms. The Bertz CT molecular complexity index is 415. The number of rotatable bonds is 5. The molecule has 3 nitrogen and oxygen atoms in total. The number of carbonyl (C=O) groups is 1. The highest BCUT2D eigenvalue weighted by molar-refractivity contribution is 6.37. The first-order valence-electron chi connectivity index (χ1n) is 5.02. The standard InChI is InChI=1S/C11H10Cl2F2O3/c1-2-17-9(16)5-6-3-7(12)10(8(13)4-6)18-11(14)15/h3-4,11H,2,5H2,1H3. The number of hydrogen-bond acceptors (Lipinski definition) is 3. The van der Waals surface area contributed by atoms with Crippen molar-refractivity contribution in [2.24, 2.45) is 0 Å². The highest BCUT2D eigenvalue weighted by atomic mass is 35.5. The van der Waals surface area contributed by atoms with E-state index >= 15 is 0 Å². The number of benzene rings is 1. The molecule has 0 N–H and O–H groups in total. The molecule has 0 saturated heterocycles. The van der Waals surface area contributed by atoms with Gasteiger partial charge in [-0.3, -0.25) is 4.79 Å². The van der Waals surface area contributed by atoms with Crippen molar-refractivity contribution in [2.45, 2.75) is 20.0 Å². The zero-order valence-electron chi connectivity index (χ0n) is 9.38. The summed E-state index contributed by atoms with van der Waals surface area (Å²) < 4.78 is 33.1. The molecule has 0 fully saturated rings. The van der Waals surface area contributed by atoms with Crippen LogP contribution in [-0.2, 0) is 16.0 Å². The number of ether oxygens (including phenoxy) is 2. The topological polar surface area (TPSA) is 35.5 Å². The maximum absolute atomic E-state index is 12.1. The van der Waals surface area contributed by atoms with Crippen LogP contribution in [0.1, 0.15) is 12.5 Å². The highest BCUT2D eigenvalue weighted by Crippen LogP contribution is 2.35. The smallest absolute Gasteiger partial charge is 0.387 e. The fourth-order valence-corrected chi connectivity index (χ4v) is 1.92. The summed E-state index contributed by atoms with van der Waals surface area (Å²) in [6.07, 6.45) is -0.0394. The fraction of sp³-hybridized carbons (Fsp3) is 0.364. The molecule has 1 aromatic carbocycles. The van der Waals surface area contributed by atoms with Gasteiger partial charge in [-0.2, -0.15) is 8.78 Å². The van der Waals surface area contributed by atoms with E-state index in [1.165, 1.54) is 12.1 Å². The third-order valence-corrected chi connectivity index (χ3v) is 2.48. The van der Waals surface area contributed by atoms with Gasteiger partial charge in [-0.1, -0.05) is 23.2 Å². The number of carbonyl (C=O) groups excluding carboxylic acids is 1. The largest absolute Gasteiger partial charge is 0.466 e. The van der Waals surface area contributed by atoms with Crippen LogP contribution in [0.15, 0.2) is 12.1 Å². The summed E-state index contributed by atoms with van der Waals surface area (Å²) in [5, 5.41) is -0.163. The average Bonchev–Trinajstić information content (AvgIpc) is 2.23. The minimum absolute atomic E-state index is 0.0394. The molecule has 0 atom stereocenters. The molecule has 7 heteroatoms. The summed E-state index contributed by atoms with van der Waals surface area (Å²) in [5.41, 5.74) is 0.463. The lowest BCUT2D eigenvalue weighted by molar-refractivity contribution is -0.142. The zero-order valence-corrected chi connectivity index (χ0v) is 10.9. The van der Waals surface area contributed by atoms with Crippen molar-refractivity contribution in [3.8, 4) is 5.75 Å². The molecule has 0 radical (unpaired) electrons. The van der Waals surface area contributed by atoms with Crippen molar-refractivity contribution in [3.05, 3.63) is 27.7 Å². The Hall–Kier alpha value is -1.07. The van der Waals surface area contributed by atoms with Crippen LogP contribution in [0.5, 0.6) is 5.75 Å². The third-order valence-electron chi connectivity index (χ3n) is 1.92. The average molecular weight is 299 g/mol. The van der Waals surface area contributed by atoms with Gasteiger partial charge in [0.05, 0.1) is 23.1 Å². The first kappa shape index (κ1) is 15.0. The maximum Gasteiger partial charge on any atom is 0.387 e. The summed E-state index contributed by atoms with van der Waals surface area (Å²) in [6.45, 7) is -1.08. The normalized spacial score (nSPS) is 10.6. The number of alkyl halides is 2. The molecule has 1 rings (SSSR count). The van der Waals surface area contributed by atoms with Crippen molar-refractivity contribution >= 4 is 29.2 Å². The van der Waals surface area contributed by atoms with E-state index in [0.29, 0.717) is 5.56 Å². The summed E-state index contributed by atoms with van der Waals surface area (Å²) in [7, 11) is 0. The Labute approximate surface area is 113 Å². The first-order valence-corrected chi connectivity index (χ1v) is 5.78. The van der Waals surface area contributed by atoms with Gasteiger partial charge in [0.1, 0.15) is 0 Å². The van der Waals surface area contributed by atoms with Crippen molar-refractivity contribution in [1.82, 2.24) is 0 Å². The molecule has 0 heterocycles. The van der Waals surface area contributed by atoms with E-state index in [2.05, 4.69) is 4.74 Å². The Morgan fingerprint density at radius 3 is 2.33 bits per heavy atom. The van der Waals surface area contributed by atoms with Crippen molar-refractivity contribution in [1.29, 1.82) is 0 Å². The van der Waals surface area contributed by atoms with Gasteiger partial charge < -0.3 is 9.47 Å². The van der Waals surface area contributed by atoms with Gasteiger partial charge in [0, 0.05) is 0 Å². The van der Waals surface area contributed by atoms with E-state index < -0.39 is 12.6 Å². The minimum atomic E-state index is -3.02. The van der Waals surface area contributed by atoms with Crippen LogP contribution in [0.2, 0.25) is 10.0 Å². The Morgan fingerprint density at radius 1 is 1.33 bits per heavy atom. The molecule has 0 unspecified atom stereocenters. The molecule has 0 aromatic heterocycles. The molecular weight excluding hydrogens is 289 g/mol. The van der Waals surface area contributed by atoms with Crippen molar-refractivity contribution < 1.29 is 23.0 Å². The third kappa shape index (κ3) is 4.31. The summed E-state index contributed by atoms with van der Waals surface area (Å²) >= 11 is 11.5. The second kappa shape index (κ2) is 6.75. The van der Waals surface area contributed by atoms with E-state index in [1.54, 1.807) is 6.92 Å². The van der Waals surface area contributed by atoms with Gasteiger partial charge in [-0.25, -0.2) is 0 Å². The molecule has 0 aliphatic carbocycles. The van der Waals surface area contributed by atoms with Gasteiger partial charge in [-0.15, -0.1) is 0 Å². The zero-order chi connectivity index (χ0) is 13.7. The summed E-state index contributed by atoms with van der Waals surface area (Å²) in [6, 6.07) is 2.67. The predicted molar refractivity (Wildman–Crippen MR) is 63.4 cm³/mol. The lowest BCUT2D eigenvalue weighted by Gasteiger charge is -2.10. The highest BCUT2D eigenvalue weighted by Gasteiger charge is 2.15. The van der Waals surface area contributed by atoms with Gasteiger partial charge in [0.25, 0.3) is 0 Å². The molecule has 18 heavy (non-hydrogen) atoms. The second-order valence-corrected chi connectivity index (χ2v) is 4.06. The van der Waals surface area contributed by atoms with Crippen LogP contribution >= 0.6 is 23.2 Å². The van der Waals surface area contributed by atoms with E-state index in [0.717, 1.165) is 0 Å². The van der Waals surface area contributed by atoms with Crippen LogP contribution in [-0.4, -0.2) is 19.2 Å². The Kier molecular flexibility index (Phi) is 5.62. The lowest BCUT2D eigenvalue weighted by Crippen LogP contribution is -2.08. The van der Waals surface area contributed by atoms with Crippen molar-refractivity contribution in [2.75, 3.05) is 6.61 Å². The molecule has 1 aromatic rings. The molecule has 0 spiro atoms. The van der Waals surface area contributed by atoms with Gasteiger partial charge in [-0.05, 0) is 24.6 Å². The predicted octanol–water partition coefficient (Wildman–Crippen LogP) is 3.70. The van der Waals surface area contributed by atoms with Gasteiger partial charge >= 0.3 is 12.6 Å². The Balaban J connectivity index is 2.89. The van der Waals surface area contributed by atoms with Gasteiger partial charge in [0.2, 0.25) is 0 Å². The molecule has 0 aliphatic heterocycles. The molecule has 0 aliphatic rings. The van der Waals surface area contributed by atoms with Crippen LogP contribution in [0, 0.1) is 0 Å². The number of halogens is 4. The van der Waals surface area contributed by atoms with Crippen LogP contribution in [0.3, 0.4) is 0 Å². The van der Waals surface area contributed by atoms with Gasteiger partial charge in [0.15, 0.2) is 5.75 Å². The summed E-state index contributed by atoms with van der Waals surface area (Å²) in [4.78, 5) is 11.2. The van der Waals surface area contributed by atoms with Crippen LogP contribution in [0.4, 0.5) is 8.78 Å². The van der Waals surface area contributed by atoms with Crippen LogP contribution < -0.4 is 4.74 Å². The fourth-order valence-electron chi connectivity index (χ4n) is 1.29. The number of hydrogen-bond donors (Lipinski definition) is 0. The van der Waals surface area contributed by atoms with E-state index in [4.69, 9.17) is 27.9 Å². The van der Waals surface area contributed by atoms with E-state index in [-0.39, 0.29) is 28.8 Å². The van der Waals surface area contributed by atoms with Crippen molar-refractivity contribution in [3.63, 3.8) is 0 Å². The molecule has 100 valence electrons. The Morgan fingerprint density at radius 2 is 1.89 bits per heavy atom. The lowest BCUT2D eigenvalue weighted by atomic mass is 10.1. The van der Waals surface area contributed by atoms with E-state index in [1.807, 2.05) is 0 Å². The summed E-state index contributed by atoms with van der Waals surface area (Å²) in [5.74, 6) is -0.756. The number of esters is 1. The quantitative estimate of drug-likeness (QED) is 0.778. The minimum Gasteiger partial charge on any atom is -0.466 e. The monoisotopic (exact) mass is 298 g/mol.